The summed E-state index contributed by atoms with van der Waals surface area (Å²) in [4.78, 5) is 13.2. The van der Waals surface area contributed by atoms with E-state index in [2.05, 4.69) is 23.5 Å². The van der Waals surface area contributed by atoms with E-state index >= 15 is 0 Å². The van der Waals surface area contributed by atoms with Crippen molar-refractivity contribution in [1.29, 1.82) is 0 Å². The minimum absolute atomic E-state index is 0.134. The minimum atomic E-state index is -3.97. The SMILES string of the molecule is COc1ccc(N(CC(=O)N[C@@H](C)c2ccc3c(c2)CCCC3)S(=O)(=O)c2ccc(C)cc2)cc1. The molecule has 6 nitrogen and oxygen atoms in total. The van der Waals surface area contributed by atoms with E-state index in [9.17, 15) is 13.2 Å². The van der Waals surface area contributed by atoms with E-state index in [0.717, 1.165) is 28.3 Å². The highest BCUT2D eigenvalue weighted by atomic mass is 32.2. The van der Waals surface area contributed by atoms with Gasteiger partial charge >= 0.3 is 0 Å². The van der Waals surface area contributed by atoms with Crippen molar-refractivity contribution >= 4 is 21.6 Å². The van der Waals surface area contributed by atoms with Crippen LogP contribution in [0.3, 0.4) is 0 Å². The topological polar surface area (TPSA) is 75.7 Å². The maximum absolute atomic E-state index is 13.6. The number of benzene rings is 3. The second-order valence-corrected chi connectivity index (χ2v) is 10.9. The highest BCUT2D eigenvalue weighted by Crippen LogP contribution is 2.27. The van der Waals surface area contributed by atoms with Gasteiger partial charge in [0.05, 0.1) is 23.7 Å². The Bertz CT molecular complexity index is 1290. The summed E-state index contributed by atoms with van der Waals surface area (Å²) in [7, 11) is -2.42. The molecule has 35 heavy (non-hydrogen) atoms. The van der Waals surface area contributed by atoms with E-state index < -0.39 is 10.0 Å². The summed E-state index contributed by atoms with van der Waals surface area (Å²) in [6, 6.07) is 19.4. The van der Waals surface area contributed by atoms with Crippen LogP contribution in [0.25, 0.3) is 0 Å². The van der Waals surface area contributed by atoms with Crippen molar-refractivity contribution < 1.29 is 17.9 Å². The minimum Gasteiger partial charge on any atom is -0.497 e. The smallest absolute Gasteiger partial charge is 0.264 e. The predicted octanol–water partition coefficient (Wildman–Crippen LogP) is 4.96. The van der Waals surface area contributed by atoms with Gasteiger partial charge in [0.15, 0.2) is 0 Å². The number of carbonyl (C=O) groups is 1. The van der Waals surface area contributed by atoms with Crippen molar-refractivity contribution in [3.63, 3.8) is 0 Å². The Balaban J connectivity index is 1.57. The number of sulfonamides is 1. The molecule has 0 radical (unpaired) electrons. The van der Waals surface area contributed by atoms with Crippen molar-refractivity contribution in [2.75, 3.05) is 18.0 Å². The van der Waals surface area contributed by atoms with Crippen LogP contribution >= 0.6 is 0 Å². The summed E-state index contributed by atoms with van der Waals surface area (Å²) in [5, 5.41) is 2.99. The van der Waals surface area contributed by atoms with Crippen molar-refractivity contribution in [3.8, 4) is 5.75 Å². The van der Waals surface area contributed by atoms with E-state index in [1.807, 2.05) is 13.8 Å². The van der Waals surface area contributed by atoms with Crippen molar-refractivity contribution in [3.05, 3.63) is 89.0 Å². The first kappa shape index (κ1) is 24.8. The molecule has 3 aromatic carbocycles. The zero-order chi connectivity index (χ0) is 25.0. The lowest BCUT2D eigenvalue weighted by molar-refractivity contribution is -0.120. The molecule has 1 N–H and O–H groups in total. The van der Waals surface area contributed by atoms with Gasteiger partial charge in [0.25, 0.3) is 10.0 Å². The Morgan fingerprint density at radius 3 is 2.29 bits per heavy atom. The van der Waals surface area contributed by atoms with Crippen LogP contribution in [0.4, 0.5) is 5.69 Å². The molecule has 0 fully saturated rings. The van der Waals surface area contributed by atoms with Gasteiger partial charge in [-0.25, -0.2) is 8.42 Å². The van der Waals surface area contributed by atoms with Gasteiger partial charge in [-0.1, -0.05) is 35.9 Å². The third-order valence-electron chi connectivity index (χ3n) is 6.51. The third-order valence-corrected chi connectivity index (χ3v) is 8.29. The van der Waals surface area contributed by atoms with E-state index in [0.29, 0.717) is 11.4 Å². The molecule has 0 spiro atoms. The Kier molecular flexibility index (Phi) is 7.45. The van der Waals surface area contributed by atoms with Gasteiger partial charge in [-0.05, 0) is 92.6 Å². The molecule has 0 aliphatic heterocycles. The van der Waals surface area contributed by atoms with Gasteiger partial charge in [-0.3, -0.25) is 9.10 Å². The molecule has 3 aromatic rings. The van der Waals surface area contributed by atoms with Crippen LogP contribution in [-0.2, 0) is 27.7 Å². The molecule has 0 saturated heterocycles. The maximum Gasteiger partial charge on any atom is 0.264 e. The molecular weight excluding hydrogens is 460 g/mol. The number of amides is 1. The first-order valence-corrected chi connectivity index (χ1v) is 13.4. The predicted molar refractivity (Wildman–Crippen MR) is 138 cm³/mol. The average molecular weight is 493 g/mol. The fourth-order valence-electron chi connectivity index (χ4n) is 4.42. The number of carbonyl (C=O) groups excluding carboxylic acids is 1. The monoisotopic (exact) mass is 492 g/mol. The van der Waals surface area contributed by atoms with Gasteiger partial charge in [-0.15, -0.1) is 0 Å². The summed E-state index contributed by atoms with van der Waals surface area (Å²) < 4.78 is 33.5. The largest absolute Gasteiger partial charge is 0.497 e. The number of rotatable bonds is 8. The summed E-state index contributed by atoms with van der Waals surface area (Å²) in [6.07, 6.45) is 4.56. The maximum atomic E-state index is 13.6. The van der Waals surface area contributed by atoms with Crippen LogP contribution in [0.2, 0.25) is 0 Å². The Morgan fingerprint density at radius 1 is 0.971 bits per heavy atom. The van der Waals surface area contributed by atoms with Crippen molar-refractivity contribution in [1.82, 2.24) is 5.32 Å². The quantitative estimate of drug-likeness (QED) is 0.483. The number of nitrogens with one attached hydrogen (secondary N) is 1. The van der Waals surface area contributed by atoms with E-state index in [-0.39, 0.29) is 23.4 Å². The Morgan fingerprint density at radius 2 is 1.63 bits per heavy atom. The van der Waals surface area contributed by atoms with E-state index in [4.69, 9.17) is 4.74 Å². The molecule has 1 aliphatic rings. The second kappa shape index (κ2) is 10.5. The van der Waals surface area contributed by atoms with E-state index in [1.54, 1.807) is 55.6 Å². The number of fused-ring (bicyclic) bond motifs is 1. The molecule has 0 unspecified atom stereocenters. The van der Waals surface area contributed by atoms with Crippen LogP contribution < -0.4 is 14.4 Å². The number of methoxy groups -OCH3 is 1. The summed E-state index contributed by atoms with van der Waals surface area (Å²) in [5.74, 6) is 0.230. The van der Waals surface area contributed by atoms with Gasteiger partial charge in [0.2, 0.25) is 5.91 Å². The Labute approximate surface area is 208 Å². The van der Waals surface area contributed by atoms with Gasteiger partial charge in [0.1, 0.15) is 12.3 Å². The standard InChI is InChI=1S/C28H32N2O4S/c1-20-8-16-27(17-9-20)35(32,33)30(25-12-14-26(34-3)15-13-25)19-28(31)29-21(2)23-11-10-22-6-4-5-7-24(22)18-23/h8-18,21H,4-7,19H2,1-3H3,(H,29,31)/t21-/m0/s1. The third kappa shape index (κ3) is 5.68. The summed E-state index contributed by atoms with van der Waals surface area (Å²) in [5.41, 5.74) is 5.10. The van der Waals surface area contributed by atoms with Crippen LogP contribution in [0.15, 0.2) is 71.6 Å². The van der Waals surface area contributed by atoms with Crippen LogP contribution in [0.1, 0.15) is 48.1 Å². The lowest BCUT2D eigenvalue weighted by atomic mass is 9.89. The number of hydrogen-bond acceptors (Lipinski definition) is 4. The van der Waals surface area contributed by atoms with Crippen LogP contribution in [0.5, 0.6) is 5.75 Å². The molecule has 4 rings (SSSR count). The first-order valence-electron chi connectivity index (χ1n) is 11.9. The second-order valence-electron chi connectivity index (χ2n) is 9.05. The fraction of sp³-hybridized carbons (Fsp3) is 0.321. The highest BCUT2D eigenvalue weighted by Gasteiger charge is 2.28. The van der Waals surface area contributed by atoms with Gasteiger partial charge in [-0.2, -0.15) is 0 Å². The molecular formula is C28H32N2O4S. The number of aryl methyl sites for hydroxylation is 3. The summed E-state index contributed by atoms with van der Waals surface area (Å²) >= 11 is 0. The zero-order valence-corrected chi connectivity index (χ0v) is 21.3. The Hall–Kier alpha value is -3.32. The molecule has 7 heteroatoms. The lowest BCUT2D eigenvalue weighted by Crippen LogP contribution is -2.41. The fourth-order valence-corrected chi connectivity index (χ4v) is 5.85. The molecule has 184 valence electrons. The normalized spacial score (nSPS) is 14.0. The molecule has 1 aliphatic carbocycles. The number of nitrogens with zero attached hydrogens (tertiary/aromatic N) is 1. The molecule has 1 atom stereocenters. The number of hydrogen-bond donors (Lipinski definition) is 1. The summed E-state index contributed by atoms with van der Waals surface area (Å²) in [6.45, 7) is 3.49. The zero-order valence-electron chi connectivity index (χ0n) is 20.5. The molecule has 0 aromatic heterocycles. The molecule has 0 saturated carbocycles. The highest BCUT2D eigenvalue weighted by molar-refractivity contribution is 7.92. The number of anilines is 1. The molecule has 0 heterocycles. The molecule has 0 bridgehead atoms. The van der Waals surface area contributed by atoms with Gasteiger partial charge < -0.3 is 10.1 Å². The lowest BCUT2D eigenvalue weighted by Gasteiger charge is -2.26. The van der Waals surface area contributed by atoms with Crippen molar-refractivity contribution in [2.24, 2.45) is 0 Å². The van der Waals surface area contributed by atoms with Crippen LogP contribution in [0, 0.1) is 6.92 Å². The van der Waals surface area contributed by atoms with Crippen molar-refractivity contribution in [2.45, 2.75) is 50.5 Å². The average Bonchev–Trinajstić information content (AvgIpc) is 2.87. The van der Waals surface area contributed by atoms with Gasteiger partial charge in [0, 0.05) is 0 Å². The van der Waals surface area contributed by atoms with E-state index in [1.165, 1.54) is 24.0 Å². The number of ether oxygens (including phenoxy) is 1. The first-order chi connectivity index (χ1) is 16.8. The molecule has 1 amide bonds. The van der Waals surface area contributed by atoms with Crippen LogP contribution in [-0.4, -0.2) is 28.0 Å².